The van der Waals surface area contributed by atoms with Gasteiger partial charge >= 0.3 is 11.8 Å². The van der Waals surface area contributed by atoms with Gasteiger partial charge in [0.25, 0.3) is 0 Å². The van der Waals surface area contributed by atoms with Crippen LogP contribution in [-0.2, 0) is 30.8 Å². The topological polar surface area (TPSA) is 123 Å². The number of nitrogens with zero attached hydrogens (tertiary/aromatic N) is 1. The van der Waals surface area contributed by atoms with Gasteiger partial charge in [-0.1, -0.05) is 30.3 Å². The minimum Gasteiger partial charge on any atom is -0.493 e. The van der Waals surface area contributed by atoms with Gasteiger partial charge in [-0.2, -0.15) is 4.31 Å². The van der Waals surface area contributed by atoms with E-state index < -0.39 is 28.1 Å². The van der Waals surface area contributed by atoms with Gasteiger partial charge in [0.2, 0.25) is 10.0 Å². The quantitative estimate of drug-likeness (QED) is 0.374. The molecule has 3 rings (SSSR count). The molecule has 2 amide bonds. The van der Waals surface area contributed by atoms with E-state index in [-0.39, 0.29) is 30.3 Å². The second kappa shape index (κ2) is 11.8. The molecule has 0 saturated carbocycles. The third-order valence-electron chi connectivity index (χ3n) is 5.32. The predicted octanol–water partition coefficient (Wildman–Crippen LogP) is 0.916. The van der Waals surface area contributed by atoms with Gasteiger partial charge in [-0.3, -0.25) is 9.59 Å². The summed E-state index contributed by atoms with van der Waals surface area (Å²) in [5.74, 6) is -0.950. The zero-order valence-corrected chi connectivity index (χ0v) is 20.0. The summed E-state index contributed by atoms with van der Waals surface area (Å²) in [7, 11) is -1.06. The Kier molecular flexibility index (Phi) is 8.85. The molecule has 2 aromatic rings. The van der Waals surface area contributed by atoms with Crippen molar-refractivity contribution >= 4 is 21.8 Å². The fourth-order valence-electron chi connectivity index (χ4n) is 3.53. The third kappa shape index (κ3) is 6.25. The van der Waals surface area contributed by atoms with E-state index in [0.29, 0.717) is 18.7 Å². The molecule has 0 spiro atoms. The van der Waals surface area contributed by atoms with E-state index in [1.807, 2.05) is 30.3 Å². The van der Waals surface area contributed by atoms with E-state index in [1.54, 1.807) is 0 Å². The zero-order valence-electron chi connectivity index (χ0n) is 19.2. The van der Waals surface area contributed by atoms with Gasteiger partial charge in [-0.25, -0.2) is 8.42 Å². The average Bonchev–Trinajstić information content (AvgIpc) is 3.34. The van der Waals surface area contributed by atoms with Crippen molar-refractivity contribution in [2.24, 2.45) is 0 Å². The van der Waals surface area contributed by atoms with Crippen molar-refractivity contribution in [1.29, 1.82) is 0 Å². The molecule has 1 aliphatic heterocycles. The van der Waals surface area contributed by atoms with E-state index in [1.165, 1.54) is 32.4 Å². The van der Waals surface area contributed by atoms with E-state index in [2.05, 4.69) is 10.6 Å². The first kappa shape index (κ1) is 25.5. The molecule has 1 heterocycles. The lowest BCUT2D eigenvalue weighted by Gasteiger charge is -2.23. The van der Waals surface area contributed by atoms with Crippen LogP contribution < -0.4 is 20.1 Å². The number of amides is 2. The normalized spacial score (nSPS) is 16.1. The van der Waals surface area contributed by atoms with Gasteiger partial charge in [0.1, 0.15) is 6.23 Å². The lowest BCUT2D eigenvalue weighted by Crippen LogP contribution is -2.47. The molecule has 0 bridgehead atoms. The van der Waals surface area contributed by atoms with Crippen molar-refractivity contribution in [3.63, 3.8) is 0 Å². The van der Waals surface area contributed by atoms with Gasteiger partial charge in [0, 0.05) is 19.2 Å². The number of nitrogens with one attached hydrogen (secondary N) is 2. The van der Waals surface area contributed by atoms with Gasteiger partial charge in [0.05, 0.1) is 32.3 Å². The van der Waals surface area contributed by atoms with Crippen LogP contribution in [0.4, 0.5) is 0 Å². The Morgan fingerprint density at radius 3 is 2.44 bits per heavy atom. The number of sulfonamides is 1. The highest BCUT2D eigenvalue weighted by Crippen LogP contribution is 2.31. The molecule has 2 N–H and O–H groups in total. The molecule has 1 aliphatic rings. The van der Waals surface area contributed by atoms with Crippen LogP contribution in [0, 0.1) is 0 Å². The Labute approximate surface area is 199 Å². The van der Waals surface area contributed by atoms with Gasteiger partial charge in [0.15, 0.2) is 11.5 Å². The van der Waals surface area contributed by atoms with Crippen molar-refractivity contribution < 1.29 is 32.2 Å². The van der Waals surface area contributed by atoms with Crippen LogP contribution in [-0.4, -0.2) is 71.2 Å². The maximum Gasteiger partial charge on any atom is 0.309 e. The lowest BCUT2D eigenvalue weighted by atomic mass is 10.1. The highest BCUT2D eigenvalue weighted by Gasteiger charge is 2.37. The standard InChI is InChI=1S/C23H29N3O7S/c1-31-19-11-10-18(15-20(19)32-2)34(29,30)26-13-14-33-21(26)16-25-23(28)22(27)24-12-6-9-17-7-4-3-5-8-17/h3-5,7-8,10-11,15,21H,6,9,12-14,16H2,1-2H3,(H,24,27)(H,25,28). The average molecular weight is 492 g/mol. The number of hydrogen-bond donors (Lipinski definition) is 2. The number of ether oxygens (including phenoxy) is 3. The molecule has 11 heteroatoms. The first-order valence-electron chi connectivity index (χ1n) is 10.8. The zero-order chi connectivity index (χ0) is 24.6. The van der Waals surface area contributed by atoms with Crippen LogP contribution in [0.1, 0.15) is 12.0 Å². The summed E-state index contributed by atoms with van der Waals surface area (Å²) >= 11 is 0. The molecule has 1 unspecified atom stereocenters. The molecule has 0 aliphatic carbocycles. The largest absolute Gasteiger partial charge is 0.493 e. The maximum atomic E-state index is 13.1. The van der Waals surface area contributed by atoms with Crippen LogP contribution in [0.25, 0.3) is 0 Å². The molecular formula is C23H29N3O7S. The molecule has 1 atom stereocenters. The van der Waals surface area contributed by atoms with E-state index in [4.69, 9.17) is 14.2 Å². The number of hydrogen-bond acceptors (Lipinski definition) is 7. The minimum absolute atomic E-state index is 0.00290. The van der Waals surface area contributed by atoms with Gasteiger partial charge in [-0.15, -0.1) is 0 Å². The molecule has 10 nitrogen and oxygen atoms in total. The van der Waals surface area contributed by atoms with Crippen molar-refractivity contribution in [2.75, 3.05) is 40.5 Å². The smallest absolute Gasteiger partial charge is 0.309 e. The summed E-state index contributed by atoms with van der Waals surface area (Å²) < 4.78 is 43.3. The van der Waals surface area contributed by atoms with Crippen molar-refractivity contribution in [3.8, 4) is 11.5 Å². The maximum absolute atomic E-state index is 13.1. The van der Waals surface area contributed by atoms with Crippen LogP contribution in [0.3, 0.4) is 0 Å². The van der Waals surface area contributed by atoms with Gasteiger partial charge in [-0.05, 0) is 30.5 Å². The second-order valence-electron chi connectivity index (χ2n) is 7.51. The number of aryl methyl sites for hydroxylation is 1. The molecule has 184 valence electrons. The Hall–Kier alpha value is -3.15. The molecule has 1 fully saturated rings. The fourth-order valence-corrected chi connectivity index (χ4v) is 5.06. The monoisotopic (exact) mass is 491 g/mol. The first-order valence-corrected chi connectivity index (χ1v) is 12.3. The Balaban J connectivity index is 1.52. The van der Waals surface area contributed by atoms with E-state index >= 15 is 0 Å². The predicted molar refractivity (Wildman–Crippen MR) is 124 cm³/mol. The molecule has 0 radical (unpaired) electrons. The highest BCUT2D eigenvalue weighted by atomic mass is 32.2. The fraction of sp³-hybridized carbons (Fsp3) is 0.391. The van der Waals surface area contributed by atoms with Crippen molar-refractivity contribution in [1.82, 2.24) is 14.9 Å². The van der Waals surface area contributed by atoms with E-state index in [0.717, 1.165) is 16.3 Å². The van der Waals surface area contributed by atoms with E-state index in [9.17, 15) is 18.0 Å². The highest BCUT2D eigenvalue weighted by molar-refractivity contribution is 7.89. The minimum atomic E-state index is -3.94. The van der Waals surface area contributed by atoms with Crippen LogP contribution in [0.2, 0.25) is 0 Å². The second-order valence-corrected chi connectivity index (χ2v) is 9.40. The third-order valence-corrected chi connectivity index (χ3v) is 7.20. The van der Waals surface area contributed by atoms with Gasteiger partial charge < -0.3 is 24.8 Å². The Bertz CT molecular complexity index is 1090. The molecule has 34 heavy (non-hydrogen) atoms. The summed E-state index contributed by atoms with van der Waals surface area (Å²) in [4.78, 5) is 24.2. The molecule has 0 aromatic heterocycles. The summed E-state index contributed by atoms with van der Waals surface area (Å²) in [5.41, 5.74) is 1.15. The molecule has 2 aromatic carbocycles. The summed E-state index contributed by atoms with van der Waals surface area (Å²) in [6.07, 6.45) is 0.529. The Morgan fingerprint density at radius 1 is 1.03 bits per heavy atom. The number of carbonyl (C=O) groups is 2. The van der Waals surface area contributed by atoms with Crippen LogP contribution in [0.15, 0.2) is 53.4 Å². The molecule has 1 saturated heterocycles. The molecular weight excluding hydrogens is 462 g/mol. The number of methoxy groups -OCH3 is 2. The SMILES string of the molecule is COc1ccc(S(=O)(=O)N2CCOC2CNC(=O)C(=O)NCCCc2ccccc2)cc1OC. The van der Waals surface area contributed by atoms with Crippen LogP contribution in [0.5, 0.6) is 11.5 Å². The lowest BCUT2D eigenvalue weighted by molar-refractivity contribution is -0.139. The summed E-state index contributed by atoms with van der Waals surface area (Å²) in [6, 6.07) is 14.1. The summed E-state index contributed by atoms with van der Waals surface area (Å²) in [5, 5.41) is 5.02. The van der Waals surface area contributed by atoms with Crippen molar-refractivity contribution in [2.45, 2.75) is 24.0 Å². The number of rotatable bonds is 10. The number of carbonyl (C=O) groups excluding carboxylic acids is 2. The van der Waals surface area contributed by atoms with Crippen molar-refractivity contribution in [3.05, 3.63) is 54.1 Å². The summed E-state index contributed by atoms with van der Waals surface area (Å²) in [6.45, 7) is 0.464. The number of benzene rings is 2. The first-order chi connectivity index (χ1) is 16.4. The Morgan fingerprint density at radius 2 is 1.74 bits per heavy atom. The van der Waals surface area contributed by atoms with Crippen LogP contribution >= 0.6 is 0 Å².